The van der Waals surface area contributed by atoms with E-state index in [4.69, 9.17) is 15.0 Å². The Balaban J connectivity index is 0.000000604. The number of nitrogens with zero attached hydrogens (tertiary/aromatic N) is 1. The highest BCUT2D eigenvalue weighted by molar-refractivity contribution is 6.25. The highest BCUT2D eigenvalue weighted by atomic mass is 19.4. The molecule has 0 spiro atoms. The number of carboxylic acid groups (broad SMARTS) is 2. The molecule has 37 heavy (non-hydrogen) atoms. The minimum atomic E-state index is -5.08. The first-order chi connectivity index (χ1) is 17.2. The second-order valence-corrected chi connectivity index (χ2v) is 7.70. The lowest BCUT2D eigenvalue weighted by molar-refractivity contribution is -0.192. The maximum Gasteiger partial charge on any atom is 0.490 e. The van der Waals surface area contributed by atoms with Crippen molar-refractivity contribution in [3.8, 4) is 0 Å². The van der Waals surface area contributed by atoms with Crippen LogP contribution < -0.4 is 16.0 Å². The summed E-state index contributed by atoms with van der Waals surface area (Å²) in [7, 11) is 0. The molecule has 13 nitrogen and oxygen atoms in total. The Morgan fingerprint density at radius 3 is 2.27 bits per heavy atom. The summed E-state index contributed by atoms with van der Waals surface area (Å²) in [6.07, 6.45) is -4.83. The molecule has 1 aromatic rings. The predicted octanol–water partition coefficient (Wildman–Crippen LogP) is 0.112. The minimum absolute atomic E-state index is 0.0112. The number of benzene rings is 1. The number of nitrogens with one attached hydrogen (secondary N) is 3. The van der Waals surface area contributed by atoms with Gasteiger partial charge in [-0.15, -0.1) is 0 Å². The molecule has 1 unspecified atom stereocenters. The summed E-state index contributed by atoms with van der Waals surface area (Å²) in [4.78, 5) is 82.0. The first-order valence-electron chi connectivity index (χ1n) is 10.6. The van der Waals surface area contributed by atoms with Crippen molar-refractivity contribution >= 4 is 47.2 Å². The van der Waals surface area contributed by atoms with E-state index in [2.05, 4.69) is 16.0 Å². The summed E-state index contributed by atoms with van der Waals surface area (Å²) in [6.45, 7) is 1.30. The van der Waals surface area contributed by atoms with Gasteiger partial charge in [0.25, 0.3) is 11.8 Å². The van der Waals surface area contributed by atoms with Crippen LogP contribution in [0.1, 0.15) is 46.9 Å². The SMILES string of the molecule is CC[C@H](NC(=O)CNc1cccc2c1C(=O)N(C1CCC(=O)NC1=O)C2=O)C(=O)O.O=C(O)C(F)(F)F. The number of carbonyl (C=O) groups is 7. The molecule has 1 saturated heterocycles. The van der Waals surface area contributed by atoms with E-state index >= 15 is 0 Å². The lowest BCUT2D eigenvalue weighted by Gasteiger charge is -2.27. The Bertz CT molecular complexity index is 1150. The molecule has 2 aliphatic heterocycles. The second kappa shape index (κ2) is 11.5. The van der Waals surface area contributed by atoms with Crippen LogP contribution in [-0.2, 0) is 24.0 Å². The van der Waals surface area contributed by atoms with E-state index in [0.29, 0.717) is 0 Å². The minimum Gasteiger partial charge on any atom is -0.480 e. The van der Waals surface area contributed by atoms with Crippen LogP contribution in [0.4, 0.5) is 18.9 Å². The fourth-order valence-corrected chi connectivity index (χ4v) is 3.42. The molecule has 16 heteroatoms. The van der Waals surface area contributed by atoms with Crippen LogP contribution in [-0.4, -0.2) is 81.4 Å². The largest absolute Gasteiger partial charge is 0.490 e. The summed E-state index contributed by atoms with van der Waals surface area (Å²) in [5.74, 6) is -7.05. The van der Waals surface area contributed by atoms with E-state index in [-0.39, 0.29) is 42.6 Å². The zero-order valence-electron chi connectivity index (χ0n) is 19.0. The Morgan fingerprint density at radius 2 is 1.76 bits per heavy atom. The standard InChI is InChI=1S/C19H20N4O7.C2HF3O2/c1-2-10(19(29)30)21-14(25)8-20-11-5-3-4-9-15(11)18(28)23(17(9)27)12-6-7-13(24)22-16(12)26;3-2(4,5)1(6)7/h3-5,10,12,20H,2,6-8H2,1H3,(H,21,25)(H,29,30)(H,22,24,26);(H,6,7)/t10-,12?;/m0./s1. The summed E-state index contributed by atoms with van der Waals surface area (Å²) in [5, 5.41) is 23.4. The van der Waals surface area contributed by atoms with Gasteiger partial charge in [-0.3, -0.25) is 34.2 Å². The monoisotopic (exact) mass is 530 g/mol. The zero-order valence-corrected chi connectivity index (χ0v) is 19.0. The number of fused-ring (bicyclic) bond motifs is 1. The van der Waals surface area contributed by atoms with Crippen LogP contribution in [0.15, 0.2) is 18.2 Å². The number of amides is 5. The van der Waals surface area contributed by atoms with Crippen molar-refractivity contribution < 1.29 is 56.9 Å². The van der Waals surface area contributed by atoms with E-state index in [1.54, 1.807) is 6.92 Å². The summed E-state index contributed by atoms with van der Waals surface area (Å²) in [6, 6.07) is 2.33. The zero-order chi connectivity index (χ0) is 28.1. The van der Waals surface area contributed by atoms with Gasteiger partial charge < -0.3 is 20.8 Å². The maximum absolute atomic E-state index is 12.9. The Hall–Kier alpha value is -4.50. The summed E-state index contributed by atoms with van der Waals surface area (Å²) in [5.41, 5.74) is 0.302. The molecule has 5 amide bonds. The third-order valence-electron chi connectivity index (χ3n) is 5.19. The second-order valence-electron chi connectivity index (χ2n) is 7.70. The normalized spacial score (nSPS) is 17.7. The van der Waals surface area contributed by atoms with Crippen LogP contribution in [0.5, 0.6) is 0 Å². The molecule has 2 heterocycles. The number of rotatable bonds is 7. The number of hydrogen-bond acceptors (Lipinski definition) is 8. The van der Waals surface area contributed by atoms with E-state index in [1.807, 2.05) is 0 Å². The van der Waals surface area contributed by atoms with Crippen LogP contribution in [0, 0.1) is 0 Å². The number of carbonyl (C=O) groups excluding carboxylic acids is 5. The van der Waals surface area contributed by atoms with Crippen molar-refractivity contribution in [2.75, 3.05) is 11.9 Å². The third-order valence-corrected chi connectivity index (χ3v) is 5.19. The molecular weight excluding hydrogens is 509 g/mol. The maximum atomic E-state index is 12.9. The molecule has 0 radical (unpaired) electrons. The molecule has 0 saturated carbocycles. The quantitative estimate of drug-likeness (QED) is 0.302. The molecule has 1 fully saturated rings. The number of halogens is 3. The highest BCUT2D eigenvalue weighted by Crippen LogP contribution is 2.32. The van der Waals surface area contributed by atoms with E-state index in [0.717, 1.165) is 4.90 Å². The topological polar surface area (TPSA) is 199 Å². The molecule has 0 bridgehead atoms. The fourth-order valence-electron chi connectivity index (χ4n) is 3.42. The van der Waals surface area contributed by atoms with Gasteiger partial charge in [0.15, 0.2) is 0 Å². The van der Waals surface area contributed by atoms with Gasteiger partial charge in [-0.25, -0.2) is 9.59 Å². The Morgan fingerprint density at radius 1 is 1.14 bits per heavy atom. The van der Waals surface area contributed by atoms with Crippen molar-refractivity contribution in [2.24, 2.45) is 0 Å². The molecule has 0 aromatic heterocycles. The number of hydrogen-bond donors (Lipinski definition) is 5. The van der Waals surface area contributed by atoms with Crippen LogP contribution in [0.2, 0.25) is 0 Å². The number of anilines is 1. The van der Waals surface area contributed by atoms with Crippen molar-refractivity contribution in [3.63, 3.8) is 0 Å². The number of carboxylic acids is 2. The van der Waals surface area contributed by atoms with E-state index < -0.39 is 59.7 Å². The van der Waals surface area contributed by atoms with E-state index in [1.165, 1.54) is 18.2 Å². The van der Waals surface area contributed by atoms with Crippen molar-refractivity contribution in [1.29, 1.82) is 0 Å². The molecule has 3 rings (SSSR count). The highest BCUT2D eigenvalue weighted by Gasteiger charge is 2.45. The van der Waals surface area contributed by atoms with Crippen molar-refractivity contribution in [2.45, 2.75) is 44.4 Å². The number of piperidine rings is 1. The first kappa shape index (κ1) is 28.7. The summed E-state index contributed by atoms with van der Waals surface area (Å²) >= 11 is 0. The predicted molar refractivity (Wildman–Crippen MR) is 115 cm³/mol. The molecular formula is C21H21F3N4O9. The van der Waals surface area contributed by atoms with Gasteiger partial charge in [0.05, 0.1) is 17.7 Å². The average molecular weight is 530 g/mol. The number of aliphatic carboxylic acids is 2. The molecule has 5 N–H and O–H groups in total. The number of imide groups is 2. The van der Waals surface area contributed by atoms with Gasteiger partial charge in [0.2, 0.25) is 17.7 Å². The Kier molecular flexibility index (Phi) is 8.92. The molecule has 1 aromatic carbocycles. The van der Waals surface area contributed by atoms with Gasteiger partial charge in [0, 0.05) is 12.1 Å². The van der Waals surface area contributed by atoms with Gasteiger partial charge in [-0.2, -0.15) is 13.2 Å². The molecule has 0 aliphatic carbocycles. The van der Waals surface area contributed by atoms with Crippen LogP contribution in [0.3, 0.4) is 0 Å². The average Bonchev–Trinajstić information content (AvgIpc) is 3.06. The molecule has 200 valence electrons. The lowest BCUT2D eigenvalue weighted by Crippen LogP contribution is -2.54. The van der Waals surface area contributed by atoms with Gasteiger partial charge in [0.1, 0.15) is 12.1 Å². The smallest absolute Gasteiger partial charge is 0.480 e. The lowest BCUT2D eigenvalue weighted by atomic mass is 10.0. The molecule has 2 aliphatic rings. The first-order valence-corrected chi connectivity index (χ1v) is 10.6. The van der Waals surface area contributed by atoms with Gasteiger partial charge in [-0.1, -0.05) is 13.0 Å². The van der Waals surface area contributed by atoms with Crippen LogP contribution >= 0.6 is 0 Å². The molecule has 2 atom stereocenters. The van der Waals surface area contributed by atoms with Crippen molar-refractivity contribution in [3.05, 3.63) is 29.3 Å². The van der Waals surface area contributed by atoms with Crippen LogP contribution in [0.25, 0.3) is 0 Å². The third kappa shape index (κ3) is 6.80. The van der Waals surface area contributed by atoms with E-state index in [9.17, 15) is 41.9 Å². The fraction of sp³-hybridized carbons (Fsp3) is 0.381. The number of alkyl halides is 3. The Labute approximate surface area is 206 Å². The summed E-state index contributed by atoms with van der Waals surface area (Å²) < 4.78 is 31.7. The van der Waals surface area contributed by atoms with Crippen molar-refractivity contribution in [1.82, 2.24) is 15.5 Å². The van der Waals surface area contributed by atoms with Gasteiger partial charge in [-0.05, 0) is 25.0 Å². The van der Waals surface area contributed by atoms with Gasteiger partial charge >= 0.3 is 18.1 Å².